The van der Waals surface area contributed by atoms with Gasteiger partial charge in [-0.3, -0.25) is 0 Å². The second-order valence-corrected chi connectivity index (χ2v) is 5.57. The minimum atomic E-state index is 0.806. The summed E-state index contributed by atoms with van der Waals surface area (Å²) in [6, 6.07) is 16.9. The third-order valence-electron chi connectivity index (χ3n) is 3.33. The number of imidazole rings is 1. The first-order chi connectivity index (χ1) is 10.4. The van der Waals surface area contributed by atoms with Crippen LogP contribution in [0.5, 0.6) is 0 Å². The zero-order chi connectivity index (χ0) is 14.5. The minimum absolute atomic E-state index is 0.806. The number of hydrogen-bond donors (Lipinski definition) is 1. The molecule has 0 fully saturated rings. The first-order valence-corrected chi connectivity index (χ1v) is 8.03. The molecule has 0 amide bonds. The number of nitrogens with zero attached hydrogens (tertiary/aromatic N) is 2. The Morgan fingerprint density at radius 3 is 2.62 bits per heavy atom. The highest BCUT2D eigenvalue weighted by atomic mass is 32.2. The van der Waals surface area contributed by atoms with E-state index in [0.29, 0.717) is 0 Å². The quantitative estimate of drug-likeness (QED) is 0.715. The van der Waals surface area contributed by atoms with E-state index >= 15 is 0 Å². The highest BCUT2D eigenvalue weighted by Crippen LogP contribution is 2.21. The molecule has 0 saturated carbocycles. The summed E-state index contributed by atoms with van der Waals surface area (Å²) in [6.07, 6.45) is 7.65. The normalized spacial score (nSPS) is 10.5. The van der Waals surface area contributed by atoms with Crippen LogP contribution in [0.2, 0.25) is 0 Å². The molecule has 0 radical (unpaired) electrons. The molecule has 1 N–H and O–H groups in total. The molecule has 1 aromatic heterocycles. The highest BCUT2D eigenvalue weighted by Gasteiger charge is 2.03. The minimum Gasteiger partial charge on any atom is -0.379 e. The summed E-state index contributed by atoms with van der Waals surface area (Å²) in [4.78, 5) is 5.40. The Morgan fingerprint density at radius 2 is 1.90 bits per heavy atom. The molecule has 3 aromatic rings. The number of hydrogen-bond acceptors (Lipinski definition) is 3. The third kappa shape index (κ3) is 3.28. The second kappa shape index (κ2) is 6.50. The van der Waals surface area contributed by atoms with E-state index in [9.17, 15) is 0 Å². The Balaban J connectivity index is 1.76. The van der Waals surface area contributed by atoms with E-state index in [1.54, 1.807) is 18.0 Å². The summed E-state index contributed by atoms with van der Waals surface area (Å²) < 4.78 is 2.01. The second-order valence-electron chi connectivity index (χ2n) is 4.69. The van der Waals surface area contributed by atoms with Crippen molar-refractivity contribution >= 4 is 17.4 Å². The van der Waals surface area contributed by atoms with Crippen LogP contribution in [-0.2, 0) is 6.54 Å². The molecular formula is C17H17N3S. The molecule has 3 rings (SSSR count). The van der Waals surface area contributed by atoms with Gasteiger partial charge < -0.3 is 9.88 Å². The topological polar surface area (TPSA) is 29.9 Å². The Bertz CT molecular complexity index is 690. The molecule has 2 aromatic carbocycles. The molecular weight excluding hydrogens is 278 g/mol. The summed E-state index contributed by atoms with van der Waals surface area (Å²) in [6.45, 7) is 0.806. The smallest absolute Gasteiger partial charge is 0.0992 e. The largest absolute Gasteiger partial charge is 0.379 e. The molecule has 0 aliphatic heterocycles. The average molecular weight is 295 g/mol. The summed E-state index contributed by atoms with van der Waals surface area (Å²) >= 11 is 1.76. The van der Waals surface area contributed by atoms with Crippen LogP contribution >= 0.6 is 11.8 Å². The van der Waals surface area contributed by atoms with Gasteiger partial charge in [0.2, 0.25) is 0 Å². The maximum atomic E-state index is 4.11. The van der Waals surface area contributed by atoms with E-state index < -0.39 is 0 Å². The maximum Gasteiger partial charge on any atom is 0.0992 e. The van der Waals surface area contributed by atoms with Crippen LogP contribution in [0.3, 0.4) is 0 Å². The fourth-order valence-corrected chi connectivity index (χ4v) is 2.60. The number of anilines is 1. The lowest BCUT2D eigenvalue weighted by Crippen LogP contribution is -2.03. The van der Waals surface area contributed by atoms with Gasteiger partial charge in [-0.1, -0.05) is 24.3 Å². The van der Waals surface area contributed by atoms with Crippen molar-refractivity contribution in [3.8, 4) is 5.69 Å². The summed E-state index contributed by atoms with van der Waals surface area (Å²) in [5, 5.41) is 3.50. The van der Waals surface area contributed by atoms with Crippen LogP contribution < -0.4 is 5.32 Å². The summed E-state index contributed by atoms with van der Waals surface area (Å²) in [5.74, 6) is 0. The molecule has 3 nitrogen and oxygen atoms in total. The van der Waals surface area contributed by atoms with Crippen molar-refractivity contribution in [2.24, 2.45) is 0 Å². The van der Waals surface area contributed by atoms with Gasteiger partial charge >= 0.3 is 0 Å². The van der Waals surface area contributed by atoms with Gasteiger partial charge in [-0.25, -0.2) is 4.98 Å². The number of nitrogens with one attached hydrogen (secondary N) is 1. The molecule has 0 atom stereocenters. The van der Waals surface area contributed by atoms with Gasteiger partial charge in [-0.15, -0.1) is 11.8 Å². The van der Waals surface area contributed by atoms with Crippen molar-refractivity contribution in [3.63, 3.8) is 0 Å². The fourth-order valence-electron chi connectivity index (χ4n) is 2.19. The van der Waals surface area contributed by atoms with Crippen LogP contribution in [0.4, 0.5) is 5.69 Å². The molecule has 1 heterocycles. The molecule has 0 unspecified atom stereocenters. The molecule has 21 heavy (non-hydrogen) atoms. The zero-order valence-corrected chi connectivity index (χ0v) is 12.7. The molecule has 0 aliphatic carbocycles. The van der Waals surface area contributed by atoms with Crippen LogP contribution in [0, 0.1) is 0 Å². The van der Waals surface area contributed by atoms with Crippen molar-refractivity contribution in [3.05, 3.63) is 72.8 Å². The monoisotopic (exact) mass is 295 g/mol. The van der Waals surface area contributed by atoms with Crippen LogP contribution in [0.25, 0.3) is 5.69 Å². The maximum absolute atomic E-state index is 4.11. The molecule has 0 aliphatic rings. The van der Waals surface area contributed by atoms with E-state index in [2.05, 4.69) is 53.0 Å². The van der Waals surface area contributed by atoms with E-state index in [1.807, 2.05) is 29.2 Å². The Labute approximate surface area is 129 Å². The summed E-state index contributed by atoms with van der Waals surface area (Å²) in [7, 11) is 0. The number of aromatic nitrogens is 2. The molecule has 0 saturated heterocycles. The van der Waals surface area contributed by atoms with Crippen molar-refractivity contribution < 1.29 is 0 Å². The van der Waals surface area contributed by atoms with Gasteiger partial charge in [0.05, 0.1) is 17.7 Å². The van der Waals surface area contributed by atoms with Gasteiger partial charge in [0, 0.05) is 23.8 Å². The SMILES string of the molecule is CSc1ccc(CNc2ccccc2-n2ccnc2)cc1. The lowest BCUT2D eigenvalue weighted by Gasteiger charge is -2.12. The first kappa shape index (κ1) is 13.8. The molecule has 106 valence electrons. The van der Waals surface area contributed by atoms with Crippen molar-refractivity contribution in [1.82, 2.24) is 9.55 Å². The number of benzene rings is 2. The highest BCUT2D eigenvalue weighted by molar-refractivity contribution is 7.98. The van der Waals surface area contributed by atoms with Gasteiger partial charge in [0.1, 0.15) is 0 Å². The Kier molecular flexibility index (Phi) is 4.26. The summed E-state index contributed by atoms with van der Waals surface area (Å²) in [5.41, 5.74) is 3.48. The predicted octanol–water partition coefficient (Wildman–Crippen LogP) is 4.21. The molecule has 0 spiro atoms. The van der Waals surface area contributed by atoms with E-state index in [0.717, 1.165) is 17.9 Å². The first-order valence-electron chi connectivity index (χ1n) is 6.81. The van der Waals surface area contributed by atoms with Gasteiger partial charge in [-0.2, -0.15) is 0 Å². The van der Waals surface area contributed by atoms with Gasteiger partial charge in [0.15, 0.2) is 0 Å². The lowest BCUT2D eigenvalue weighted by molar-refractivity contribution is 1.04. The number of para-hydroxylation sites is 2. The van der Waals surface area contributed by atoms with Gasteiger partial charge in [-0.05, 0) is 36.1 Å². The standard InChI is InChI=1S/C17H17N3S/c1-21-15-8-6-14(7-9-15)12-19-16-4-2-3-5-17(16)20-11-10-18-13-20/h2-11,13,19H,12H2,1H3. The average Bonchev–Trinajstić information content (AvgIpc) is 3.08. The van der Waals surface area contributed by atoms with E-state index in [-0.39, 0.29) is 0 Å². The Morgan fingerprint density at radius 1 is 1.10 bits per heavy atom. The third-order valence-corrected chi connectivity index (χ3v) is 4.07. The van der Waals surface area contributed by atoms with Crippen LogP contribution in [0.1, 0.15) is 5.56 Å². The lowest BCUT2D eigenvalue weighted by atomic mass is 10.2. The van der Waals surface area contributed by atoms with Crippen LogP contribution in [0.15, 0.2) is 72.1 Å². The molecule has 4 heteroatoms. The number of thioether (sulfide) groups is 1. The van der Waals surface area contributed by atoms with Crippen LogP contribution in [-0.4, -0.2) is 15.8 Å². The predicted molar refractivity (Wildman–Crippen MR) is 89.1 cm³/mol. The fraction of sp³-hybridized carbons (Fsp3) is 0.118. The van der Waals surface area contributed by atoms with Crippen molar-refractivity contribution in [1.29, 1.82) is 0 Å². The molecule has 0 bridgehead atoms. The van der Waals surface area contributed by atoms with Gasteiger partial charge in [0.25, 0.3) is 0 Å². The van der Waals surface area contributed by atoms with E-state index in [1.165, 1.54) is 10.5 Å². The van der Waals surface area contributed by atoms with E-state index in [4.69, 9.17) is 0 Å². The van der Waals surface area contributed by atoms with Crippen molar-refractivity contribution in [2.75, 3.05) is 11.6 Å². The zero-order valence-electron chi connectivity index (χ0n) is 11.9. The van der Waals surface area contributed by atoms with Crippen molar-refractivity contribution in [2.45, 2.75) is 11.4 Å². The number of rotatable bonds is 5. The Hall–Kier alpha value is -2.20.